The van der Waals surface area contributed by atoms with Gasteiger partial charge in [0.15, 0.2) is 0 Å². The van der Waals surface area contributed by atoms with Crippen molar-refractivity contribution < 1.29 is 4.79 Å². The van der Waals surface area contributed by atoms with E-state index in [1.54, 1.807) is 23.5 Å². The van der Waals surface area contributed by atoms with E-state index in [1.165, 1.54) is 0 Å². The Balaban J connectivity index is 1.86. The number of H-pyrrole nitrogens is 1. The fourth-order valence-corrected chi connectivity index (χ4v) is 2.32. The number of hydrogen-bond acceptors (Lipinski definition) is 3. The summed E-state index contributed by atoms with van der Waals surface area (Å²) in [7, 11) is 1.81. The van der Waals surface area contributed by atoms with Crippen LogP contribution in [-0.4, -0.2) is 33.0 Å². The lowest BCUT2D eigenvalue weighted by Crippen LogP contribution is -2.29. The number of amides is 1. The number of benzene rings is 1. The molecule has 1 unspecified atom stereocenters. The number of pyridine rings is 1. The van der Waals surface area contributed by atoms with Gasteiger partial charge in [0.1, 0.15) is 0 Å². The zero-order valence-electron chi connectivity index (χ0n) is 11.9. The minimum Gasteiger partial charge on any atom is -0.335 e. The minimum absolute atomic E-state index is 0.0158. The van der Waals surface area contributed by atoms with Crippen LogP contribution in [-0.2, 0) is 0 Å². The normalized spacial score (nSPS) is 12.3. The number of nitrogens with one attached hydrogen (secondary N) is 1. The molecule has 0 fully saturated rings. The van der Waals surface area contributed by atoms with E-state index in [9.17, 15) is 4.79 Å². The maximum atomic E-state index is 12.6. The Kier molecular flexibility index (Phi) is 3.39. The number of fused-ring (bicyclic) bond motifs is 1. The monoisotopic (exact) mass is 280 g/mol. The number of carbonyl (C=O) groups is 1. The Morgan fingerprint density at radius 2 is 2.00 bits per heavy atom. The molecule has 2 heterocycles. The molecule has 5 heteroatoms. The lowest BCUT2D eigenvalue weighted by molar-refractivity contribution is 0.0742. The Hall–Kier alpha value is -2.69. The summed E-state index contributed by atoms with van der Waals surface area (Å²) in [4.78, 5) is 18.3. The topological polar surface area (TPSA) is 61.9 Å². The highest BCUT2D eigenvalue weighted by molar-refractivity contribution is 5.97. The van der Waals surface area contributed by atoms with Crippen molar-refractivity contribution in [3.63, 3.8) is 0 Å². The van der Waals surface area contributed by atoms with Crippen molar-refractivity contribution in [2.45, 2.75) is 13.0 Å². The minimum atomic E-state index is -0.0178. The Labute approximate surface area is 122 Å². The van der Waals surface area contributed by atoms with Crippen molar-refractivity contribution in [2.24, 2.45) is 0 Å². The van der Waals surface area contributed by atoms with E-state index in [1.807, 2.05) is 44.3 Å². The molecule has 0 radical (unpaired) electrons. The quantitative estimate of drug-likeness (QED) is 0.802. The van der Waals surface area contributed by atoms with Crippen LogP contribution < -0.4 is 0 Å². The molecule has 0 aliphatic heterocycles. The van der Waals surface area contributed by atoms with Crippen LogP contribution in [0, 0.1) is 0 Å². The molecule has 0 bridgehead atoms. The standard InChI is InChI=1S/C16H16N4O/c1-11(12-5-7-17-8-6-12)20(2)16(21)13-3-4-14-10-18-19-15(14)9-13/h3-11H,1-2H3,(H,18,19). The van der Waals surface area contributed by atoms with Crippen LogP contribution in [0.1, 0.15) is 28.9 Å². The number of aromatic nitrogens is 3. The van der Waals surface area contributed by atoms with E-state index in [4.69, 9.17) is 0 Å². The van der Waals surface area contributed by atoms with Crippen molar-refractivity contribution >= 4 is 16.8 Å². The highest BCUT2D eigenvalue weighted by Gasteiger charge is 2.19. The van der Waals surface area contributed by atoms with Crippen LogP contribution in [0.15, 0.2) is 48.9 Å². The third-order valence-corrected chi connectivity index (χ3v) is 3.78. The number of hydrogen-bond donors (Lipinski definition) is 1. The van der Waals surface area contributed by atoms with Gasteiger partial charge < -0.3 is 4.90 Å². The number of carbonyl (C=O) groups excluding carboxylic acids is 1. The molecule has 0 saturated carbocycles. The van der Waals surface area contributed by atoms with E-state index >= 15 is 0 Å². The summed E-state index contributed by atoms with van der Waals surface area (Å²) >= 11 is 0. The van der Waals surface area contributed by atoms with Crippen molar-refractivity contribution in [3.05, 3.63) is 60.0 Å². The molecule has 5 nitrogen and oxygen atoms in total. The molecule has 3 rings (SSSR count). The fourth-order valence-electron chi connectivity index (χ4n) is 2.32. The smallest absolute Gasteiger partial charge is 0.254 e. The van der Waals surface area contributed by atoms with Crippen molar-refractivity contribution in [3.8, 4) is 0 Å². The summed E-state index contributed by atoms with van der Waals surface area (Å²) in [5.41, 5.74) is 2.57. The van der Waals surface area contributed by atoms with E-state index in [0.717, 1.165) is 16.5 Å². The van der Waals surface area contributed by atoms with Gasteiger partial charge in [0.25, 0.3) is 5.91 Å². The summed E-state index contributed by atoms with van der Waals surface area (Å²) in [5, 5.41) is 7.85. The molecule has 2 aromatic heterocycles. The second-order valence-corrected chi connectivity index (χ2v) is 5.04. The molecule has 0 aliphatic rings. The number of aromatic amines is 1. The van der Waals surface area contributed by atoms with E-state index in [2.05, 4.69) is 15.2 Å². The van der Waals surface area contributed by atoms with Crippen molar-refractivity contribution in [1.29, 1.82) is 0 Å². The van der Waals surface area contributed by atoms with Gasteiger partial charge >= 0.3 is 0 Å². The predicted octanol–water partition coefficient (Wildman–Crippen LogP) is 2.79. The van der Waals surface area contributed by atoms with Crippen LogP contribution in [0.2, 0.25) is 0 Å². The number of rotatable bonds is 3. The van der Waals surface area contributed by atoms with E-state index in [-0.39, 0.29) is 11.9 Å². The summed E-state index contributed by atoms with van der Waals surface area (Å²) in [5.74, 6) is -0.0178. The summed E-state index contributed by atoms with van der Waals surface area (Å²) in [6.07, 6.45) is 5.22. The molecular formula is C16H16N4O. The van der Waals surface area contributed by atoms with Gasteiger partial charge in [-0.2, -0.15) is 5.10 Å². The van der Waals surface area contributed by atoms with Crippen LogP contribution in [0.4, 0.5) is 0 Å². The zero-order valence-corrected chi connectivity index (χ0v) is 11.9. The molecule has 0 spiro atoms. The molecule has 0 saturated heterocycles. The third kappa shape index (κ3) is 2.50. The highest BCUT2D eigenvalue weighted by atomic mass is 16.2. The molecule has 21 heavy (non-hydrogen) atoms. The Bertz CT molecular complexity index is 766. The third-order valence-electron chi connectivity index (χ3n) is 3.78. The molecule has 1 N–H and O–H groups in total. The van der Waals surface area contributed by atoms with Crippen LogP contribution >= 0.6 is 0 Å². The lowest BCUT2D eigenvalue weighted by atomic mass is 10.1. The van der Waals surface area contributed by atoms with Crippen molar-refractivity contribution in [1.82, 2.24) is 20.1 Å². The average Bonchev–Trinajstić information content (AvgIpc) is 3.01. The lowest BCUT2D eigenvalue weighted by Gasteiger charge is -2.25. The second kappa shape index (κ2) is 5.36. The van der Waals surface area contributed by atoms with E-state index in [0.29, 0.717) is 5.56 Å². The van der Waals surface area contributed by atoms with Gasteiger partial charge in [-0.05, 0) is 36.8 Å². The maximum Gasteiger partial charge on any atom is 0.254 e. The summed E-state index contributed by atoms with van der Waals surface area (Å²) in [6.45, 7) is 2.00. The van der Waals surface area contributed by atoms with Gasteiger partial charge in [0.05, 0.1) is 17.8 Å². The maximum absolute atomic E-state index is 12.6. The molecule has 3 aromatic rings. The van der Waals surface area contributed by atoms with E-state index < -0.39 is 0 Å². The fraction of sp³-hybridized carbons (Fsp3) is 0.188. The van der Waals surface area contributed by atoms with Crippen LogP contribution in [0.5, 0.6) is 0 Å². The first-order valence-electron chi connectivity index (χ1n) is 6.77. The molecule has 1 aromatic carbocycles. The van der Waals surface area contributed by atoms with Gasteiger partial charge in [0, 0.05) is 30.4 Å². The van der Waals surface area contributed by atoms with Crippen LogP contribution in [0.25, 0.3) is 10.9 Å². The molecular weight excluding hydrogens is 264 g/mol. The van der Waals surface area contributed by atoms with Crippen LogP contribution in [0.3, 0.4) is 0 Å². The first-order valence-corrected chi connectivity index (χ1v) is 6.77. The first-order chi connectivity index (χ1) is 10.2. The predicted molar refractivity (Wildman–Crippen MR) is 80.8 cm³/mol. The average molecular weight is 280 g/mol. The Morgan fingerprint density at radius 3 is 2.76 bits per heavy atom. The van der Waals surface area contributed by atoms with Gasteiger partial charge in [0.2, 0.25) is 0 Å². The SMILES string of the molecule is CC(c1ccncc1)N(C)C(=O)c1ccc2cn[nH]c2c1. The largest absolute Gasteiger partial charge is 0.335 e. The second-order valence-electron chi connectivity index (χ2n) is 5.04. The van der Waals surface area contributed by atoms with Gasteiger partial charge in [-0.1, -0.05) is 6.07 Å². The first kappa shape index (κ1) is 13.3. The highest BCUT2D eigenvalue weighted by Crippen LogP contribution is 2.21. The summed E-state index contributed by atoms with van der Waals surface area (Å²) in [6, 6.07) is 9.39. The van der Waals surface area contributed by atoms with Gasteiger partial charge in [-0.25, -0.2) is 0 Å². The van der Waals surface area contributed by atoms with Crippen molar-refractivity contribution in [2.75, 3.05) is 7.05 Å². The molecule has 0 aliphatic carbocycles. The molecule has 1 atom stereocenters. The zero-order chi connectivity index (χ0) is 14.8. The Morgan fingerprint density at radius 1 is 1.24 bits per heavy atom. The summed E-state index contributed by atoms with van der Waals surface area (Å²) < 4.78 is 0. The van der Waals surface area contributed by atoms with Gasteiger partial charge in [-0.15, -0.1) is 0 Å². The molecule has 1 amide bonds. The van der Waals surface area contributed by atoms with Gasteiger partial charge in [-0.3, -0.25) is 14.9 Å². The molecule has 106 valence electrons. The number of nitrogens with zero attached hydrogens (tertiary/aromatic N) is 3.